The molecular formula is C94H123Cl6K2N17O15S6. The zero-order valence-corrected chi connectivity index (χ0v) is 92.8. The van der Waals surface area contributed by atoms with Gasteiger partial charge in [-0.25, -0.2) is 54.2 Å². The molecule has 4 aliphatic rings. The fourth-order valence-electron chi connectivity index (χ4n) is 15.8. The van der Waals surface area contributed by atoms with Gasteiger partial charge in [0.15, 0.2) is 0 Å². The summed E-state index contributed by atoms with van der Waals surface area (Å²) in [4.78, 5) is 107. The zero-order valence-electron chi connectivity index (χ0n) is 79.1. The molecule has 46 heteroatoms. The van der Waals surface area contributed by atoms with Crippen molar-refractivity contribution in [3.63, 3.8) is 0 Å². The standard InChI is InChI=1S/C24H27ClN4O2S.C23H26ClN5O5S2.C18H23N3O2S.C17H20ClN3O2S.C6H7ClN2.C2H6.CH2O3.3CH4.Cl2OS.2K.H/c1-15-6-19(8-17(15)12-30)28-24-21(10-26-14-27-24)23(31)22-7-16(13-32-22)11-29(2)20-5-3-4-18(25)9-20;1-29(18-4-2-3-16(24)7-18)10-14-5-21(35-12-14)22(31)19-9-26-13-27-23(19)28-17-6-15(20(30)8-17)11-34-36(25,32)33;1-3-13-6-14(4-11(13)2)21-18-15(7-19-10-20-18)17(23)16-5-12(8-22)9-24-16;1-10-2-13(4-12(10)7-22)21-17-14(6-19-9-20-17)16(23)15-3-11(5-18)8-24-15;1-8-6-4-2-3-5(7)9-6;1-2;2-1-4-3;;;;1-4(2)3;;;/h3-5,7,9-10,13-15,17,19,30H,6,8,11-12H2,1-2H3,(H,26,27,28);2-5,7,9,12-13,15,17,20,30H,6,8,10-11H2,1H3,(H2,25,32,33)(H,26,27,28);5,7,9-11,13-14,22H,3-4,6,8H2,1-2H3,(H,19,20,21);3,6,8-10,12-13,22H,2,4-5,7H2,1H3,(H,19,20,21);2-4H,1H3,(H,8,9);1-2H3;1,3H;3*1H4;;;;/q;;;;;;;;;;;2*+1;-1/p-1/t15-,17+,19-;15-,17-,20+;11-,13-,14-;10-,12+,13-;;;;;;;;;;/m0100........../s1/i;;;;;1D;;;;;;;;. The number of aliphatic hydroxyl groups excluding tert-OH is 4. The number of aromatic nitrogens is 9. The molecule has 0 aliphatic heterocycles. The number of thiophene rings is 4. The van der Waals surface area contributed by atoms with Crippen LogP contribution in [-0.2, 0) is 59.0 Å². The first-order valence-corrected chi connectivity index (χ1v) is 52.1. The second-order valence-corrected chi connectivity index (χ2v) is 40.9. The number of benzene rings is 2. The Morgan fingerprint density at radius 1 is 0.571 bits per heavy atom. The molecule has 0 unspecified atom stereocenters. The van der Waals surface area contributed by atoms with E-state index in [9.17, 15) is 48.0 Å². The van der Waals surface area contributed by atoms with Gasteiger partial charge in [0.2, 0.25) is 32.4 Å². The molecule has 4 fully saturated rings. The Kier molecular flexibility index (Phi) is 60.1. The first kappa shape index (κ1) is 127. The minimum atomic E-state index is -4.09. The van der Waals surface area contributed by atoms with Crippen LogP contribution in [0, 0.1) is 41.4 Å². The van der Waals surface area contributed by atoms with E-state index >= 15 is 0 Å². The van der Waals surface area contributed by atoms with Crippen molar-refractivity contribution >= 4 is 203 Å². The van der Waals surface area contributed by atoms with Crippen molar-refractivity contribution in [1.82, 2.24) is 44.9 Å². The fraction of sp³-hybridized carbons (Fsp3) is 0.426. The molecule has 0 saturated heterocycles. The Balaban J connectivity index is 0.000000597. The number of hydrogen-bond acceptors (Lipinski definition) is 35. The Labute approximate surface area is 955 Å². The molecule has 140 heavy (non-hydrogen) atoms. The first-order valence-electron chi connectivity index (χ1n) is 43.3. The maximum absolute atomic E-state index is 13.3. The van der Waals surface area contributed by atoms with Gasteiger partial charge in [-0.3, -0.25) is 28.2 Å². The molecule has 12 atom stereocenters. The van der Waals surface area contributed by atoms with Gasteiger partial charge in [-0.1, -0.05) is 123 Å². The minimum Gasteiger partial charge on any atom is -1.00 e. The molecule has 0 amide bonds. The quantitative estimate of drug-likeness (QED) is 0.00274. The van der Waals surface area contributed by atoms with E-state index in [1.54, 1.807) is 50.1 Å². The molecule has 11 aromatic rings. The summed E-state index contributed by atoms with van der Waals surface area (Å²) in [5.74, 6) is 5.27. The number of nitrogens with one attached hydrogen (secondary N) is 5. The van der Waals surface area contributed by atoms with Crippen LogP contribution in [0.2, 0.25) is 15.2 Å². The van der Waals surface area contributed by atoms with Crippen molar-refractivity contribution in [2.75, 3.05) is 77.3 Å². The van der Waals surface area contributed by atoms with Gasteiger partial charge in [-0.05, 0) is 203 Å². The molecule has 15 rings (SSSR count). The van der Waals surface area contributed by atoms with Crippen molar-refractivity contribution < 1.29 is 177 Å². The third kappa shape index (κ3) is 41.2. The number of ketones is 4. The molecule has 9 aromatic heterocycles. The summed E-state index contributed by atoms with van der Waals surface area (Å²) in [6.07, 6.45) is 18.9. The van der Waals surface area contributed by atoms with Crippen LogP contribution in [0.1, 0.15) is 208 Å². The molecule has 0 spiro atoms. The molecule has 9 heterocycles. The number of carbonyl (C=O) groups excluding carboxylic acids is 5. The average Bonchev–Trinajstić information content (AvgIpc) is 1.63. The van der Waals surface area contributed by atoms with Crippen molar-refractivity contribution in [1.29, 1.82) is 0 Å². The first-order chi connectivity index (χ1) is 65.1. The van der Waals surface area contributed by atoms with Crippen LogP contribution in [0.3, 0.4) is 0 Å². The largest absolute Gasteiger partial charge is 1.00 e. The van der Waals surface area contributed by atoms with Crippen LogP contribution >= 0.6 is 113 Å². The summed E-state index contributed by atoms with van der Waals surface area (Å²) in [5.41, 5.74) is 7.48. The molecule has 4 aliphatic carbocycles. The Bertz CT molecular complexity index is 5670. The van der Waals surface area contributed by atoms with E-state index in [1.165, 1.54) is 83.3 Å². The summed E-state index contributed by atoms with van der Waals surface area (Å²) in [7, 11) is 9.03. The average molecular weight is 2220 g/mol. The number of anilines is 7. The van der Waals surface area contributed by atoms with Gasteiger partial charge >= 0.3 is 113 Å². The minimum absolute atomic E-state index is 0. The normalized spacial score (nSPS) is 18.9. The van der Waals surface area contributed by atoms with Crippen LogP contribution < -0.4 is 150 Å². The summed E-state index contributed by atoms with van der Waals surface area (Å²) < 4.78 is 42.1. The van der Waals surface area contributed by atoms with Crippen LogP contribution in [0.25, 0.3) is 0 Å². The maximum Gasteiger partial charge on any atom is 1.00 e. The Morgan fingerprint density at radius 3 is 1.19 bits per heavy atom. The number of halogens is 6. The van der Waals surface area contributed by atoms with Crippen LogP contribution in [-0.4, -0.2) is 179 Å². The number of nitrogens with zero attached hydrogens (tertiary/aromatic N) is 11. The number of rotatable bonds is 32. The Morgan fingerprint density at radius 2 is 0.900 bits per heavy atom. The summed E-state index contributed by atoms with van der Waals surface area (Å²) in [5, 5.41) is 77.6. The smallest absolute Gasteiger partial charge is 1.00 e. The van der Waals surface area contributed by atoms with E-state index in [0.29, 0.717) is 149 Å². The molecule has 0 radical (unpaired) electrons. The van der Waals surface area contributed by atoms with E-state index in [0.717, 1.165) is 83.9 Å². The SMILES string of the molecule is C.C.C.CC[C@H]1C[C@@H](Nc2ncncc2C(=O)c2cc(CO)cs2)C[C@@H]1C.CN(Cc1csc(C(=O)c2cncnc2N[C@@H]2C[C@H](COS(N)(=O)=O)[C@@H](O)C2)c1)c1cccc(Cl)c1.CNc1cccc(Cl)n1.C[C@H]1C[C@H](Nc2ncncc2C(=O)c2cc(CCl)cs2)C[C@@H]1CO.C[C@H]1C[C@H](Nc2ncncc2C(=O)c2cc(CN(C)c3cccc(Cl)c3)cs2)C[C@@H]1CO.O=CO[O-].O=S(Cl)Cl.[2H]CC.[H-].[K+].[K+]. The van der Waals surface area contributed by atoms with Crippen molar-refractivity contribution in [3.8, 4) is 0 Å². The predicted molar refractivity (Wildman–Crippen MR) is 558 cm³/mol. The summed E-state index contributed by atoms with van der Waals surface area (Å²) >= 11 is 29.1. The van der Waals surface area contributed by atoms with Crippen molar-refractivity contribution in [2.24, 2.45) is 46.6 Å². The molecular weight excluding hydrogens is 2090 g/mol. The van der Waals surface area contributed by atoms with Gasteiger partial charge in [0, 0.05) is 152 Å². The van der Waals surface area contributed by atoms with Crippen LogP contribution in [0.4, 0.5) is 40.5 Å². The predicted octanol–water partition coefficient (Wildman–Crippen LogP) is 12.8. The summed E-state index contributed by atoms with van der Waals surface area (Å²) in [6, 6.07) is 28.5. The summed E-state index contributed by atoms with van der Waals surface area (Å²) in [6.45, 7) is 12.3. The van der Waals surface area contributed by atoms with Gasteiger partial charge in [0.05, 0.1) is 61.1 Å². The number of alkyl halides is 1. The second kappa shape index (κ2) is 66.5. The molecule has 32 nitrogen and oxygen atoms in total. The van der Waals surface area contributed by atoms with E-state index in [-0.39, 0.29) is 207 Å². The van der Waals surface area contributed by atoms with Crippen molar-refractivity contribution in [2.45, 2.75) is 177 Å². The number of hydrogen-bond donors (Lipinski definition) is 10. The second-order valence-electron chi connectivity index (χ2n) is 32.0. The van der Waals surface area contributed by atoms with Gasteiger partial charge in [-0.2, -0.15) is 8.42 Å². The number of aliphatic hydroxyl groups is 4. The van der Waals surface area contributed by atoms with Gasteiger partial charge in [-0.15, -0.1) is 56.9 Å². The molecule has 754 valence electrons. The number of carbonyl (C=O) groups is 5. The third-order valence-electron chi connectivity index (χ3n) is 22.6. The number of pyridine rings is 1. The van der Waals surface area contributed by atoms with Gasteiger partial charge in [0.25, 0.3) is 6.47 Å². The van der Waals surface area contributed by atoms with E-state index < -0.39 is 31.6 Å². The van der Waals surface area contributed by atoms with E-state index in [2.05, 4.69) is 134 Å². The fourth-order valence-corrected chi connectivity index (χ4v) is 20.4. The Hall–Kier alpha value is -5.71. The zero-order chi connectivity index (χ0) is 99.1. The number of nitrogens with two attached hydrogens (primary N) is 1. The molecule has 2 aromatic carbocycles. The van der Waals surface area contributed by atoms with E-state index in [4.69, 9.17) is 67.2 Å². The third-order valence-corrected chi connectivity index (χ3v) is 28.0. The topological polar surface area (TPSA) is 468 Å². The van der Waals surface area contributed by atoms with Crippen molar-refractivity contribution in [3.05, 3.63) is 242 Å². The molecule has 0 bridgehead atoms. The molecule has 11 N–H and O–H groups in total. The monoisotopic (exact) mass is 2210 g/mol. The van der Waals surface area contributed by atoms with Gasteiger partial charge in [0.1, 0.15) is 59.6 Å². The van der Waals surface area contributed by atoms with Gasteiger partial charge < -0.3 is 68.4 Å². The van der Waals surface area contributed by atoms with Crippen LogP contribution in [0.15, 0.2) is 163 Å². The maximum atomic E-state index is 13.3. The van der Waals surface area contributed by atoms with Crippen LogP contribution in [0.5, 0.6) is 0 Å². The molecule has 4 saturated carbocycles. The van der Waals surface area contributed by atoms with E-state index in [1.807, 2.05) is 114 Å².